The predicted octanol–water partition coefficient (Wildman–Crippen LogP) is 1.68. The van der Waals surface area contributed by atoms with Crippen molar-refractivity contribution in [2.24, 2.45) is 5.92 Å². The number of rotatable bonds is 0. The third kappa shape index (κ3) is 0.923. The van der Waals surface area contributed by atoms with E-state index >= 15 is 0 Å². The van der Waals surface area contributed by atoms with Crippen molar-refractivity contribution in [3.05, 3.63) is 29.8 Å². The molecule has 2 nitrogen and oxygen atoms in total. The van der Waals surface area contributed by atoms with E-state index < -0.39 is 5.60 Å². The maximum atomic E-state index is 10.2. The molecule has 68 valence electrons. The lowest BCUT2D eigenvalue weighted by Crippen LogP contribution is -2.07. The van der Waals surface area contributed by atoms with Crippen molar-refractivity contribution in [2.75, 3.05) is 6.61 Å². The van der Waals surface area contributed by atoms with Gasteiger partial charge in [0.1, 0.15) is 5.75 Å². The molecule has 1 aliphatic heterocycles. The van der Waals surface area contributed by atoms with Crippen LogP contribution in [0.3, 0.4) is 0 Å². The van der Waals surface area contributed by atoms with Gasteiger partial charge >= 0.3 is 0 Å². The van der Waals surface area contributed by atoms with E-state index in [4.69, 9.17) is 4.74 Å². The van der Waals surface area contributed by atoms with Gasteiger partial charge in [0.15, 0.2) is 0 Å². The Morgan fingerprint density at radius 1 is 1.38 bits per heavy atom. The molecule has 1 N–H and O–H groups in total. The van der Waals surface area contributed by atoms with Gasteiger partial charge in [0.2, 0.25) is 0 Å². The Bertz CT molecular complexity index is 348. The van der Waals surface area contributed by atoms with E-state index in [1.54, 1.807) is 0 Å². The van der Waals surface area contributed by atoms with Crippen LogP contribution in [-0.4, -0.2) is 11.7 Å². The summed E-state index contributed by atoms with van der Waals surface area (Å²) in [6.07, 6.45) is 1.89. The molecule has 1 saturated carbocycles. The lowest BCUT2D eigenvalue weighted by Gasteiger charge is -2.11. The van der Waals surface area contributed by atoms with Crippen molar-refractivity contribution >= 4 is 0 Å². The number of aliphatic hydroxyl groups is 1. The molecule has 13 heavy (non-hydrogen) atoms. The van der Waals surface area contributed by atoms with E-state index in [2.05, 4.69) is 0 Å². The van der Waals surface area contributed by atoms with Crippen molar-refractivity contribution in [3.63, 3.8) is 0 Å². The summed E-state index contributed by atoms with van der Waals surface area (Å²) >= 11 is 0. The summed E-state index contributed by atoms with van der Waals surface area (Å²) in [5, 5.41) is 10.2. The molecular formula is C11H12O2. The summed E-state index contributed by atoms with van der Waals surface area (Å²) in [4.78, 5) is 0. The van der Waals surface area contributed by atoms with Crippen molar-refractivity contribution in [1.29, 1.82) is 0 Å². The first-order valence-corrected chi connectivity index (χ1v) is 4.75. The first-order chi connectivity index (χ1) is 6.31. The van der Waals surface area contributed by atoms with Gasteiger partial charge in [0.05, 0.1) is 12.2 Å². The molecule has 1 heterocycles. The lowest BCUT2D eigenvalue weighted by molar-refractivity contribution is 0.132. The number of fused-ring (bicyclic) bond motifs is 3. The molecule has 1 fully saturated rings. The van der Waals surface area contributed by atoms with Gasteiger partial charge in [-0.25, -0.2) is 0 Å². The highest BCUT2D eigenvalue weighted by molar-refractivity contribution is 5.42. The second-order valence-electron chi connectivity index (χ2n) is 3.96. The van der Waals surface area contributed by atoms with Gasteiger partial charge in [-0.2, -0.15) is 0 Å². The molecule has 0 spiro atoms. The van der Waals surface area contributed by atoms with Gasteiger partial charge in [-0.05, 0) is 24.8 Å². The first kappa shape index (κ1) is 7.39. The molecule has 3 rings (SSSR count). The third-order valence-corrected chi connectivity index (χ3v) is 3.15. The van der Waals surface area contributed by atoms with E-state index in [9.17, 15) is 5.11 Å². The summed E-state index contributed by atoms with van der Waals surface area (Å²) < 4.78 is 5.55. The van der Waals surface area contributed by atoms with E-state index in [0.29, 0.717) is 5.92 Å². The van der Waals surface area contributed by atoms with Gasteiger partial charge in [-0.1, -0.05) is 18.2 Å². The molecule has 2 heteroatoms. The Morgan fingerprint density at radius 2 is 2.23 bits per heavy atom. The summed E-state index contributed by atoms with van der Waals surface area (Å²) in [5.41, 5.74) is 0.421. The number of ether oxygens (including phenoxy) is 1. The minimum atomic E-state index is -0.562. The van der Waals surface area contributed by atoms with Gasteiger partial charge in [-0.3, -0.25) is 0 Å². The average molecular weight is 176 g/mol. The SMILES string of the molecule is O[C@@]12C[C@@H]1CCOc1ccccc12. The van der Waals surface area contributed by atoms with Crippen LogP contribution in [0.25, 0.3) is 0 Å². The van der Waals surface area contributed by atoms with E-state index in [1.807, 2.05) is 24.3 Å². The van der Waals surface area contributed by atoms with Crippen LogP contribution in [0.15, 0.2) is 24.3 Å². The van der Waals surface area contributed by atoms with Crippen molar-refractivity contribution in [3.8, 4) is 5.75 Å². The van der Waals surface area contributed by atoms with Crippen LogP contribution in [0.2, 0.25) is 0 Å². The largest absolute Gasteiger partial charge is 0.493 e. The standard InChI is InChI=1S/C11H12O2/c12-11-7-8(11)5-6-13-10-4-2-1-3-9(10)11/h1-4,8,12H,5-7H2/t8-,11-/m0/s1. The highest BCUT2D eigenvalue weighted by Crippen LogP contribution is 2.57. The van der Waals surface area contributed by atoms with Gasteiger partial charge in [0, 0.05) is 5.56 Å². The second kappa shape index (κ2) is 2.26. The third-order valence-electron chi connectivity index (χ3n) is 3.15. The van der Waals surface area contributed by atoms with E-state index in [1.165, 1.54) is 0 Å². The zero-order valence-corrected chi connectivity index (χ0v) is 7.36. The molecule has 0 radical (unpaired) electrons. The fraction of sp³-hybridized carbons (Fsp3) is 0.455. The normalized spacial score (nSPS) is 35.3. The maximum absolute atomic E-state index is 10.2. The smallest absolute Gasteiger partial charge is 0.125 e. The highest BCUT2D eigenvalue weighted by atomic mass is 16.5. The minimum Gasteiger partial charge on any atom is -0.493 e. The zero-order chi connectivity index (χ0) is 8.89. The van der Waals surface area contributed by atoms with Gasteiger partial charge in [0.25, 0.3) is 0 Å². The fourth-order valence-electron chi connectivity index (χ4n) is 2.25. The number of hydrogen-bond donors (Lipinski definition) is 1. The number of para-hydroxylation sites is 1. The van der Waals surface area contributed by atoms with Crippen LogP contribution >= 0.6 is 0 Å². The van der Waals surface area contributed by atoms with Crippen molar-refractivity contribution < 1.29 is 9.84 Å². The van der Waals surface area contributed by atoms with Crippen LogP contribution < -0.4 is 4.74 Å². The number of benzene rings is 1. The molecule has 0 bridgehead atoms. The van der Waals surface area contributed by atoms with Crippen molar-refractivity contribution in [2.45, 2.75) is 18.4 Å². The zero-order valence-electron chi connectivity index (χ0n) is 7.36. The van der Waals surface area contributed by atoms with Crippen molar-refractivity contribution in [1.82, 2.24) is 0 Å². The van der Waals surface area contributed by atoms with Gasteiger partial charge < -0.3 is 9.84 Å². The van der Waals surface area contributed by atoms with E-state index in [-0.39, 0.29) is 0 Å². The topological polar surface area (TPSA) is 29.5 Å². The van der Waals surface area contributed by atoms with Crippen LogP contribution in [0.1, 0.15) is 18.4 Å². The molecule has 0 amide bonds. The average Bonchev–Trinajstić information content (AvgIpc) is 2.79. The molecule has 2 atom stereocenters. The van der Waals surface area contributed by atoms with E-state index in [0.717, 1.165) is 30.8 Å². The molecular weight excluding hydrogens is 164 g/mol. The first-order valence-electron chi connectivity index (χ1n) is 4.75. The quantitative estimate of drug-likeness (QED) is 0.651. The number of hydrogen-bond acceptors (Lipinski definition) is 2. The summed E-state index contributed by atoms with van der Waals surface area (Å²) in [6, 6.07) is 7.82. The van der Waals surface area contributed by atoms with Crippen LogP contribution in [0, 0.1) is 5.92 Å². The summed E-state index contributed by atoms with van der Waals surface area (Å²) in [7, 11) is 0. The molecule has 1 aromatic carbocycles. The second-order valence-corrected chi connectivity index (χ2v) is 3.96. The predicted molar refractivity (Wildman–Crippen MR) is 48.6 cm³/mol. The minimum absolute atomic E-state index is 0.427. The monoisotopic (exact) mass is 176 g/mol. The Balaban J connectivity index is 2.14. The Kier molecular flexibility index (Phi) is 1.29. The molecule has 0 unspecified atom stereocenters. The maximum Gasteiger partial charge on any atom is 0.125 e. The molecule has 0 saturated heterocycles. The Morgan fingerprint density at radius 3 is 3.15 bits per heavy atom. The summed E-state index contributed by atoms with van der Waals surface area (Å²) in [5.74, 6) is 1.29. The molecule has 1 aliphatic carbocycles. The Labute approximate surface area is 77.2 Å². The lowest BCUT2D eigenvalue weighted by atomic mass is 10.0. The molecule has 2 aliphatic rings. The van der Waals surface area contributed by atoms with Crippen LogP contribution in [-0.2, 0) is 5.60 Å². The molecule has 0 aromatic heterocycles. The molecule has 1 aromatic rings. The fourth-order valence-corrected chi connectivity index (χ4v) is 2.25. The summed E-state index contributed by atoms with van der Waals surface area (Å²) in [6.45, 7) is 0.740. The van der Waals surface area contributed by atoms with Crippen LogP contribution in [0.5, 0.6) is 5.75 Å². The van der Waals surface area contributed by atoms with Gasteiger partial charge in [-0.15, -0.1) is 0 Å². The highest BCUT2D eigenvalue weighted by Gasteiger charge is 2.56. The Hall–Kier alpha value is -1.02. The van der Waals surface area contributed by atoms with Crippen LogP contribution in [0.4, 0.5) is 0 Å².